The van der Waals surface area contributed by atoms with Gasteiger partial charge in [-0.15, -0.1) is 0 Å². The summed E-state index contributed by atoms with van der Waals surface area (Å²) < 4.78 is 29.9. The average molecular weight is 402 g/mol. The number of pyridine rings is 1. The van der Waals surface area contributed by atoms with Crippen molar-refractivity contribution in [3.05, 3.63) is 65.5 Å². The van der Waals surface area contributed by atoms with E-state index in [2.05, 4.69) is 15.7 Å². The summed E-state index contributed by atoms with van der Waals surface area (Å²) in [5, 5.41) is 9.18. The molecule has 2 amide bonds. The van der Waals surface area contributed by atoms with Gasteiger partial charge in [-0.3, -0.25) is 9.59 Å². The van der Waals surface area contributed by atoms with E-state index in [0.717, 1.165) is 24.0 Å². The molecule has 0 spiro atoms. The van der Waals surface area contributed by atoms with Gasteiger partial charge in [-0.2, -0.15) is 16.9 Å². The first-order chi connectivity index (χ1) is 13.5. The number of thioether (sulfide) groups is 1. The van der Waals surface area contributed by atoms with E-state index in [9.17, 15) is 18.4 Å². The zero-order valence-electron chi connectivity index (χ0n) is 14.6. The number of anilines is 1. The molecule has 9 heteroatoms. The van der Waals surface area contributed by atoms with E-state index < -0.39 is 23.4 Å². The molecule has 1 aromatic carbocycles. The zero-order valence-corrected chi connectivity index (χ0v) is 15.4. The van der Waals surface area contributed by atoms with Gasteiger partial charge in [0.25, 0.3) is 11.8 Å². The smallest absolute Gasteiger partial charge is 0.255 e. The van der Waals surface area contributed by atoms with Crippen molar-refractivity contribution in [2.75, 3.05) is 16.8 Å². The molecule has 1 atom stereocenters. The van der Waals surface area contributed by atoms with Crippen LogP contribution in [-0.4, -0.2) is 39.0 Å². The first-order valence-electron chi connectivity index (χ1n) is 8.63. The van der Waals surface area contributed by atoms with Crippen molar-refractivity contribution in [3.8, 4) is 0 Å². The first kappa shape index (κ1) is 18.4. The fraction of sp³-hybridized carbons (Fsp3) is 0.211. The molecule has 1 fully saturated rings. The Kier molecular flexibility index (Phi) is 4.99. The summed E-state index contributed by atoms with van der Waals surface area (Å²) >= 11 is 1.70. The first-order valence-corrected chi connectivity index (χ1v) is 9.79. The summed E-state index contributed by atoms with van der Waals surface area (Å²) in [6.07, 6.45) is 3.99. The average Bonchev–Trinajstić information content (AvgIpc) is 3.34. The maximum Gasteiger partial charge on any atom is 0.255 e. The second-order valence-electron chi connectivity index (χ2n) is 6.42. The molecular weight excluding hydrogens is 386 g/mol. The molecule has 1 aliphatic rings. The lowest BCUT2D eigenvalue weighted by Gasteiger charge is -2.13. The quantitative estimate of drug-likeness (QED) is 0.703. The molecule has 2 N–H and O–H groups in total. The Bertz CT molecular complexity index is 1060. The maximum atomic E-state index is 14.2. The van der Waals surface area contributed by atoms with Crippen LogP contribution in [0.15, 0.2) is 42.7 Å². The zero-order chi connectivity index (χ0) is 19.7. The Morgan fingerprint density at radius 3 is 2.79 bits per heavy atom. The van der Waals surface area contributed by atoms with Gasteiger partial charge in [0, 0.05) is 35.8 Å². The van der Waals surface area contributed by atoms with Gasteiger partial charge in [0.15, 0.2) is 0 Å². The number of nitrogens with one attached hydrogen (secondary N) is 2. The minimum Gasteiger partial charge on any atom is -0.348 e. The van der Waals surface area contributed by atoms with Crippen LogP contribution in [0.5, 0.6) is 0 Å². The molecule has 1 saturated heterocycles. The number of rotatable bonds is 4. The lowest BCUT2D eigenvalue weighted by molar-refractivity contribution is 0.0935. The highest BCUT2D eigenvalue weighted by Gasteiger charge is 2.22. The Hall–Kier alpha value is -2.94. The predicted octanol–water partition coefficient (Wildman–Crippen LogP) is 3.10. The van der Waals surface area contributed by atoms with Gasteiger partial charge in [-0.25, -0.2) is 13.3 Å². The van der Waals surface area contributed by atoms with Crippen molar-refractivity contribution < 1.29 is 18.4 Å². The van der Waals surface area contributed by atoms with E-state index in [4.69, 9.17) is 0 Å². The third-order valence-electron chi connectivity index (χ3n) is 4.48. The molecule has 144 valence electrons. The minimum atomic E-state index is -0.973. The van der Waals surface area contributed by atoms with Gasteiger partial charge in [-0.05, 0) is 36.4 Å². The Balaban J connectivity index is 1.56. The largest absolute Gasteiger partial charge is 0.348 e. The van der Waals surface area contributed by atoms with E-state index in [-0.39, 0.29) is 22.9 Å². The van der Waals surface area contributed by atoms with Crippen molar-refractivity contribution in [2.45, 2.75) is 12.5 Å². The minimum absolute atomic E-state index is 0.0395. The van der Waals surface area contributed by atoms with Crippen molar-refractivity contribution in [1.29, 1.82) is 0 Å². The monoisotopic (exact) mass is 402 g/mol. The van der Waals surface area contributed by atoms with Crippen LogP contribution in [0.25, 0.3) is 5.52 Å². The van der Waals surface area contributed by atoms with Crippen LogP contribution in [0.3, 0.4) is 0 Å². The number of aromatic nitrogens is 2. The molecule has 0 bridgehead atoms. The number of fused-ring (bicyclic) bond motifs is 1. The number of carbonyl (C=O) groups excluding carboxylic acids is 2. The van der Waals surface area contributed by atoms with Crippen LogP contribution >= 0.6 is 11.8 Å². The molecule has 3 heterocycles. The van der Waals surface area contributed by atoms with Crippen LogP contribution in [0.1, 0.15) is 27.1 Å². The van der Waals surface area contributed by atoms with Crippen LogP contribution in [0.4, 0.5) is 14.5 Å². The van der Waals surface area contributed by atoms with E-state index in [1.165, 1.54) is 6.07 Å². The molecular formula is C19H16F2N4O2S. The Labute approximate surface area is 163 Å². The van der Waals surface area contributed by atoms with Crippen molar-refractivity contribution >= 4 is 34.8 Å². The lowest BCUT2D eigenvalue weighted by Crippen LogP contribution is -2.35. The number of nitrogens with zero attached hydrogens (tertiary/aromatic N) is 2. The summed E-state index contributed by atoms with van der Waals surface area (Å²) in [6, 6.07) is 6.43. The fourth-order valence-electron chi connectivity index (χ4n) is 2.99. The van der Waals surface area contributed by atoms with E-state index in [1.807, 2.05) is 0 Å². The highest BCUT2D eigenvalue weighted by molar-refractivity contribution is 7.99. The number of hydrogen-bond donors (Lipinski definition) is 2. The third-order valence-corrected chi connectivity index (χ3v) is 5.64. The molecule has 1 unspecified atom stereocenters. The highest BCUT2D eigenvalue weighted by atomic mass is 32.2. The van der Waals surface area contributed by atoms with Crippen LogP contribution < -0.4 is 10.6 Å². The fourth-order valence-corrected chi connectivity index (χ4v) is 4.14. The molecule has 4 rings (SSSR count). The molecule has 0 aliphatic carbocycles. The SMILES string of the molecule is O=C(Nc1cc(C(=O)NC2CCSC2)c(F)cc1F)c1ccn2nccc2c1. The van der Waals surface area contributed by atoms with E-state index in [0.29, 0.717) is 11.6 Å². The normalized spacial score (nSPS) is 16.3. The molecule has 3 aromatic rings. The van der Waals surface area contributed by atoms with Gasteiger partial charge in [0.1, 0.15) is 11.6 Å². The molecule has 2 aromatic heterocycles. The molecule has 1 aliphatic heterocycles. The van der Waals surface area contributed by atoms with Crippen LogP contribution in [0.2, 0.25) is 0 Å². The van der Waals surface area contributed by atoms with E-state index in [1.54, 1.807) is 40.8 Å². The van der Waals surface area contributed by atoms with Gasteiger partial charge >= 0.3 is 0 Å². The van der Waals surface area contributed by atoms with Gasteiger partial charge in [-0.1, -0.05) is 0 Å². The van der Waals surface area contributed by atoms with Crippen LogP contribution in [0, 0.1) is 11.6 Å². The maximum absolute atomic E-state index is 14.2. The topological polar surface area (TPSA) is 75.5 Å². The van der Waals surface area contributed by atoms with Gasteiger partial charge in [0.05, 0.1) is 16.8 Å². The summed E-state index contributed by atoms with van der Waals surface area (Å²) in [5.41, 5.74) is 0.415. The second kappa shape index (κ2) is 7.59. The number of carbonyl (C=O) groups is 2. The lowest BCUT2D eigenvalue weighted by atomic mass is 10.1. The summed E-state index contributed by atoms with van der Waals surface area (Å²) in [7, 11) is 0. The van der Waals surface area contributed by atoms with Crippen LogP contribution in [-0.2, 0) is 0 Å². The van der Waals surface area contributed by atoms with E-state index >= 15 is 0 Å². The third kappa shape index (κ3) is 3.70. The molecule has 28 heavy (non-hydrogen) atoms. The Morgan fingerprint density at radius 2 is 2.00 bits per heavy atom. The van der Waals surface area contributed by atoms with Crippen molar-refractivity contribution in [3.63, 3.8) is 0 Å². The van der Waals surface area contributed by atoms with Gasteiger partial charge in [0.2, 0.25) is 0 Å². The highest BCUT2D eigenvalue weighted by Crippen LogP contribution is 2.22. The number of benzene rings is 1. The summed E-state index contributed by atoms with van der Waals surface area (Å²) in [4.78, 5) is 24.8. The predicted molar refractivity (Wildman–Crippen MR) is 103 cm³/mol. The standard InChI is InChI=1S/C19H16F2N4O2S/c20-15-9-16(21)17(8-14(15)19(27)23-12-3-6-28-10-12)24-18(26)11-2-5-25-13(7-11)1-4-22-25/h1-2,4-5,7-9,12H,3,6,10H2,(H,23,27)(H,24,26). The second-order valence-corrected chi connectivity index (χ2v) is 7.57. The van der Waals surface area contributed by atoms with Crippen molar-refractivity contribution in [1.82, 2.24) is 14.9 Å². The molecule has 6 nitrogen and oxygen atoms in total. The van der Waals surface area contributed by atoms with Gasteiger partial charge < -0.3 is 10.6 Å². The number of halogens is 2. The molecule has 0 radical (unpaired) electrons. The Morgan fingerprint density at radius 1 is 1.14 bits per heavy atom. The number of hydrogen-bond acceptors (Lipinski definition) is 4. The van der Waals surface area contributed by atoms with Crippen molar-refractivity contribution in [2.24, 2.45) is 0 Å². The molecule has 0 saturated carbocycles. The number of amides is 2. The summed E-state index contributed by atoms with van der Waals surface area (Å²) in [6.45, 7) is 0. The summed E-state index contributed by atoms with van der Waals surface area (Å²) in [5.74, 6) is -1.44.